The molecule has 0 saturated carbocycles. The molecule has 0 atom stereocenters. The number of anilines is 1. The highest BCUT2D eigenvalue weighted by molar-refractivity contribution is 9.10. The van der Waals surface area contributed by atoms with Gasteiger partial charge in [-0.15, -0.1) is 0 Å². The average Bonchev–Trinajstić information content (AvgIpc) is 2.37. The number of hydrogen-bond donors (Lipinski definition) is 2. The Morgan fingerprint density at radius 3 is 2.89 bits per heavy atom. The van der Waals surface area contributed by atoms with E-state index in [9.17, 15) is 5.11 Å². The van der Waals surface area contributed by atoms with Crippen molar-refractivity contribution in [2.24, 2.45) is 0 Å². The molecule has 0 aliphatic heterocycles. The van der Waals surface area contributed by atoms with Gasteiger partial charge in [-0.05, 0) is 28.1 Å². The average molecular weight is 312 g/mol. The van der Waals surface area contributed by atoms with Crippen molar-refractivity contribution in [2.45, 2.75) is 0 Å². The molecule has 0 aliphatic rings. The van der Waals surface area contributed by atoms with E-state index in [1.54, 1.807) is 12.1 Å². The van der Waals surface area contributed by atoms with Crippen molar-refractivity contribution in [3.8, 4) is 23.4 Å². The Hall–Kier alpha value is -2.02. The molecule has 1 heterocycles. The van der Waals surface area contributed by atoms with Crippen molar-refractivity contribution in [3.05, 3.63) is 28.9 Å². The first-order chi connectivity index (χ1) is 8.61. The van der Waals surface area contributed by atoms with Crippen LogP contribution in [0.3, 0.4) is 0 Å². The second-order valence-corrected chi connectivity index (χ2v) is 4.16. The first-order valence-corrected chi connectivity index (χ1v) is 5.73. The summed E-state index contributed by atoms with van der Waals surface area (Å²) in [6.45, 7) is 0. The number of ether oxygens (including phenoxy) is 2. The number of benzene rings is 1. The fourth-order valence-corrected chi connectivity index (χ4v) is 1.60. The van der Waals surface area contributed by atoms with Crippen LogP contribution in [0.25, 0.3) is 0 Å². The van der Waals surface area contributed by atoms with Crippen LogP contribution >= 0.6 is 15.9 Å². The molecule has 0 unspecified atom stereocenters. The highest BCUT2D eigenvalue weighted by Crippen LogP contribution is 2.33. The zero-order chi connectivity index (χ0) is 13.1. The Bertz CT molecular complexity index is 577. The van der Waals surface area contributed by atoms with Gasteiger partial charge in [0.1, 0.15) is 11.4 Å². The maximum atomic E-state index is 9.44. The third kappa shape index (κ3) is 2.45. The fraction of sp³-hybridized carbons (Fsp3) is 0.0909. The minimum Gasteiger partial charge on any atom is -0.506 e. The molecule has 2 aromatic rings. The van der Waals surface area contributed by atoms with Gasteiger partial charge in [-0.25, -0.2) is 4.98 Å². The van der Waals surface area contributed by atoms with E-state index in [2.05, 4.69) is 25.9 Å². The zero-order valence-corrected chi connectivity index (χ0v) is 11.0. The molecule has 2 rings (SSSR count). The Kier molecular flexibility index (Phi) is 3.52. The van der Waals surface area contributed by atoms with Gasteiger partial charge in [0.25, 0.3) is 0 Å². The maximum absolute atomic E-state index is 9.44. The van der Waals surface area contributed by atoms with E-state index in [0.29, 0.717) is 10.4 Å². The second-order valence-electron chi connectivity index (χ2n) is 3.30. The third-order valence-corrected chi connectivity index (χ3v) is 2.67. The van der Waals surface area contributed by atoms with Crippen LogP contribution in [0.5, 0.6) is 23.4 Å². The number of aromatic hydroxyl groups is 1. The topological polar surface area (TPSA) is 90.5 Å². The van der Waals surface area contributed by atoms with Gasteiger partial charge in [0.05, 0.1) is 17.8 Å². The summed E-state index contributed by atoms with van der Waals surface area (Å²) in [7, 11) is 1.49. The van der Waals surface area contributed by atoms with Crippen LogP contribution in [-0.2, 0) is 0 Å². The van der Waals surface area contributed by atoms with Crippen molar-refractivity contribution in [1.82, 2.24) is 9.97 Å². The van der Waals surface area contributed by atoms with E-state index in [-0.39, 0.29) is 23.2 Å². The standard InChI is InChI=1S/C11H10BrN3O3/c1-17-10-6(12)5-14-11(15-10)18-8-4-2-3-7(16)9(8)13/h2-5,16H,13H2,1H3. The Balaban J connectivity index is 2.31. The van der Waals surface area contributed by atoms with Crippen LogP contribution in [0.2, 0.25) is 0 Å². The van der Waals surface area contributed by atoms with Crippen molar-refractivity contribution in [3.63, 3.8) is 0 Å². The molecule has 0 aliphatic carbocycles. The number of methoxy groups -OCH3 is 1. The zero-order valence-electron chi connectivity index (χ0n) is 9.42. The lowest BCUT2D eigenvalue weighted by atomic mass is 10.3. The number of nitrogens with zero attached hydrogens (tertiary/aromatic N) is 2. The molecule has 7 heteroatoms. The van der Waals surface area contributed by atoms with Crippen LogP contribution in [0.15, 0.2) is 28.9 Å². The first-order valence-electron chi connectivity index (χ1n) is 4.93. The maximum Gasteiger partial charge on any atom is 0.325 e. The first kappa shape index (κ1) is 12.4. The largest absolute Gasteiger partial charge is 0.506 e. The number of nitrogen functional groups attached to an aromatic ring is 1. The number of halogens is 1. The highest BCUT2D eigenvalue weighted by Gasteiger charge is 2.10. The summed E-state index contributed by atoms with van der Waals surface area (Å²) in [4.78, 5) is 7.97. The molecule has 6 nitrogen and oxygen atoms in total. The van der Waals surface area contributed by atoms with E-state index in [1.807, 2.05) is 0 Å². The molecule has 1 aromatic carbocycles. The fourth-order valence-electron chi connectivity index (χ4n) is 1.25. The van der Waals surface area contributed by atoms with Crippen LogP contribution in [-0.4, -0.2) is 22.2 Å². The molecule has 0 radical (unpaired) electrons. The van der Waals surface area contributed by atoms with Crippen molar-refractivity contribution in [1.29, 1.82) is 0 Å². The Labute approximate surface area is 112 Å². The van der Waals surface area contributed by atoms with E-state index in [0.717, 1.165) is 0 Å². The Morgan fingerprint density at radius 1 is 1.39 bits per heavy atom. The lowest BCUT2D eigenvalue weighted by Crippen LogP contribution is -1.98. The van der Waals surface area contributed by atoms with Gasteiger partial charge in [0, 0.05) is 0 Å². The van der Waals surface area contributed by atoms with Crippen molar-refractivity contribution in [2.75, 3.05) is 12.8 Å². The molecule has 0 fully saturated rings. The quantitative estimate of drug-likeness (QED) is 0.668. The lowest BCUT2D eigenvalue weighted by molar-refractivity contribution is 0.373. The number of aromatic nitrogens is 2. The molecule has 1 aromatic heterocycles. The van der Waals surface area contributed by atoms with Crippen molar-refractivity contribution >= 4 is 21.6 Å². The summed E-state index contributed by atoms with van der Waals surface area (Å²) in [6, 6.07) is 4.75. The van der Waals surface area contributed by atoms with Gasteiger partial charge >= 0.3 is 6.01 Å². The smallest absolute Gasteiger partial charge is 0.325 e. The van der Waals surface area contributed by atoms with Gasteiger partial charge in [-0.2, -0.15) is 4.98 Å². The molecule has 94 valence electrons. The van der Waals surface area contributed by atoms with Gasteiger partial charge < -0.3 is 20.3 Å². The van der Waals surface area contributed by atoms with Crippen molar-refractivity contribution < 1.29 is 14.6 Å². The molecule has 0 spiro atoms. The number of rotatable bonds is 3. The van der Waals surface area contributed by atoms with Crippen LogP contribution in [0.4, 0.5) is 5.69 Å². The molecular formula is C11H10BrN3O3. The summed E-state index contributed by atoms with van der Waals surface area (Å²) in [6.07, 6.45) is 1.50. The summed E-state index contributed by atoms with van der Waals surface area (Å²) in [5.41, 5.74) is 5.79. The summed E-state index contributed by atoms with van der Waals surface area (Å²) in [5, 5.41) is 9.44. The highest BCUT2D eigenvalue weighted by atomic mass is 79.9. The van der Waals surface area contributed by atoms with Gasteiger partial charge in [0.2, 0.25) is 5.88 Å². The van der Waals surface area contributed by atoms with Crippen LogP contribution < -0.4 is 15.2 Å². The minimum absolute atomic E-state index is 0.0587. The number of phenols is 1. The van der Waals surface area contributed by atoms with E-state index >= 15 is 0 Å². The minimum atomic E-state index is -0.0587. The predicted molar refractivity (Wildman–Crippen MR) is 68.9 cm³/mol. The second kappa shape index (κ2) is 5.09. The molecule has 0 saturated heterocycles. The number of nitrogens with two attached hydrogens (primary N) is 1. The molecule has 18 heavy (non-hydrogen) atoms. The lowest BCUT2D eigenvalue weighted by Gasteiger charge is -2.08. The normalized spacial score (nSPS) is 10.1. The van der Waals surface area contributed by atoms with Crippen LogP contribution in [0.1, 0.15) is 0 Å². The molecular weight excluding hydrogens is 302 g/mol. The van der Waals surface area contributed by atoms with Gasteiger partial charge in [0.15, 0.2) is 5.75 Å². The summed E-state index contributed by atoms with van der Waals surface area (Å²) in [5.74, 6) is 0.565. The van der Waals surface area contributed by atoms with Gasteiger partial charge in [-0.3, -0.25) is 0 Å². The monoisotopic (exact) mass is 311 g/mol. The summed E-state index contributed by atoms with van der Waals surface area (Å²) < 4.78 is 11.0. The number of para-hydroxylation sites is 1. The summed E-state index contributed by atoms with van der Waals surface area (Å²) >= 11 is 3.23. The SMILES string of the molecule is COc1nc(Oc2cccc(O)c2N)ncc1Br. The predicted octanol–water partition coefficient (Wildman–Crippen LogP) is 2.33. The molecule has 3 N–H and O–H groups in total. The Morgan fingerprint density at radius 2 is 2.17 bits per heavy atom. The molecule has 0 amide bonds. The van der Waals surface area contributed by atoms with Gasteiger partial charge in [-0.1, -0.05) is 6.07 Å². The number of phenolic OH excluding ortho intramolecular Hbond substituents is 1. The molecule has 0 bridgehead atoms. The van der Waals surface area contributed by atoms with E-state index < -0.39 is 0 Å². The van der Waals surface area contributed by atoms with Crippen LogP contribution in [0, 0.1) is 0 Å². The third-order valence-electron chi connectivity index (χ3n) is 2.13. The number of hydrogen-bond acceptors (Lipinski definition) is 6. The van der Waals surface area contributed by atoms with E-state index in [1.165, 1.54) is 19.4 Å². The van der Waals surface area contributed by atoms with E-state index in [4.69, 9.17) is 15.2 Å².